The van der Waals surface area contributed by atoms with E-state index in [4.69, 9.17) is 5.48 Å². The van der Waals surface area contributed by atoms with E-state index in [-0.39, 0.29) is 6.42 Å². The molecule has 9 nitrogen and oxygen atoms in total. The molecule has 1 aliphatic rings. The Bertz CT molecular complexity index is 1270. The van der Waals surface area contributed by atoms with Gasteiger partial charge in [0.15, 0.2) is 0 Å². The number of sulfonamides is 1. The van der Waals surface area contributed by atoms with E-state index >= 15 is 0 Å². The van der Waals surface area contributed by atoms with Crippen LogP contribution in [0.5, 0.6) is 0 Å². The van der Waals surface area contributed by atoms with E-state index in [1.165, 1.54) is 23.4 Å². The molecule has 1 saturated heterocycles. The zero-order chi connectivity index (χ0) is 21.9. The lowest BCUT2D eigenvalue weighted by atomic mass is 9.89. The molecular formula is C16H17N7O2S. The van der Waals surface area contributed by atoms with Crippen LogP contribution in [0.4, 0.5) is 0 Å². The normalized spacial score (nSPS) is 25.5. The van der Waals surface area contributed by atoms with Crippen molar-refractivity contribution in [1.82, 2.24) is 29.0 Å². The molecule has 10 heteroatoms. The summed E-state index contributed by atoms with van der Waals surface area (Å²) in [6.45, 7) is -2.14. The summed E-state index contributed by atoms with van der Waals surface area (Å²) in [4.78, 5) is 11.3. The van der Waals surface area contributed by atoms with Crippen LogP contribution in [0.3, 0.4) is 0 Å². The average Bonchev–Trinajstić information content (AvgIpc) is 3.32. The number of aromatic nitrogens is 5. The molecule has 3 aromatic rings. The SMILES string of the molecule is [2H]C1([2H])N(S(=O)(=O)C([2H])([2H])C)CC1(CC#N)n1cc(-c2ncnc3[nH]ccc23)cn1. The van der Waals surface area contributed by atoms with Gasteiger partial charge in [0.25, 0.3) is 0 Å². The molecule has 0 amide bonds. The van der Waals surface area contributed by atoms with Crippen molar-refractivity contribution in [3.8, 4) is 17.3 Å². The Hall–Kier alpha value is -2.77. The van der Waals surface area contributed by atoms with Gasteiger partial charge in [-0.05, 0) is 13.0 Å². The molecule has 4 rings (SSSR count). The highest BCUT2D eigenvalue weighted by Crippen LogP contribution is 2.35. The van der Waals surface area contributed by atoms with Gasteiger partial charge in [-0.3, -0.25) is 4.68 Å². The molecule has 0 saturated carbocycles. The smallest absolute Gasteiger partial charge is 0.213 e. The molecule has 0 aliphatic carbocycles. The van der Waals surface area contributed by atoms with Gasteiger partial charge in [0.1, 0.15) is 17.5 Å². The highest BCUT2D eigenvalue weighted by atomic mass is 32.2. The lowest BCUT2D eigenvalue weighted by Gasteiger charge is -2.47. The van der Waals surface area contributed by atoms with Crippen molar-refractivity contribution >= 4 is 21.1 Å². The van der Waals surface area contributed by atoms with Crippen LogP contribution in [0.2, 0.25) is 0 Å². The van der Waals surface area contributed by atoms with Crippen LogP contribution in [0.1, 0.15) is 18.8 Å². The van der Waals surface area contributed by atoms with Gasteiger partial charge in [-0.2, -0.15) is 14.7 Å². The summed E-state index contributed by atoms with van der Waals surface area (Å²) in [6.07, 6.45) is 5.69. The maximum absolute atomic E-state index is 12.5. The molecule has 0 spiro atoms. The number of nitrogens with zero attached hydrogens (tertiary/aromatic N) is 6. The monoisotopic (exact) mass is 375 g/mol. The first-order valence-electron chi connectivity index (χ1n) is 9.69. The van der Waals surface area contributed by atoms with Crippen molar-refractivity contribution in [3.63, 3.8) is 0 Å². The third kappa shape index (κ3) is 2.48. The number of hydrogen-bond donors (Lipinski definition) is 1. The van der Waals surface area contributed by atoms with Crippen LogP contribution >= 0.6 is 0 Å². The molecule has 0 radical (unpaired) electrons. The second-order valence-corrected chi connectivity index (χ2v) is 7.63. The van der Waals surface area contributed by atoms with Gasteiger partial charge in [-0.1, -0.05) is 0 Å². The lowest BCUT2D eigenvalue weighted by molar-refractivity contribution is 0.0719. The Morgan fingerprint density at radius 3 is 3.12 bits per heavy atom. The highest BCUT2D eigenvalue weighted by molar-refractivity contribution is 7.89. The van der Waals surface area contributed by atoms with Crippen molar-refractivity contribution in [3.05, 3.63) is 31.0 Å². The third-order valence-electron chi connectivity index (χ3n) is 4.31. The van der Waals surface area contributed by atoms with Crippen LogP contribution in [-0.2, 0) is 15.6 Å². The molecular weight excluding hydrogens is 354 g/mol. The maximum Gasteiger partial charge on any atom is 0.213 e. The summed E-state index contributed by atoms with van der Waals surface area (Å²) >= 11 is 0. The highest BCUT2D eigenvalue weighted by Gasteiger charge is 2.49. The fourth-order valence-corrected chi connectivity index (χ4v) is 3.82. The molecule has 1 unspecified atom stereocenters. The van der Waals surface area contributed by atoms with Crippen molar-refractivity contribution < 1.29 is 13.9 Å². The Labute approximate surface area is 156 Å². The predicted octanol–water partition coefficient (Wildman–Crippen LogP) is 1.10. The van der Waals surface area contributed by atoms with Gasteiger partial charge in [0.2, 0.25) is 10.0 Å². The largest absolute Gasteiger partial charge is 0.346 e. The number of nitrogens with one attached hydrogen (secondary N) is 1. The summed E-state index contributed by atoms with van der Waals surface area (Å²) in [5.41, 5.74) is -2.57. The Morgan fingerprint density at radius 1 is 1.54 bits per heavy atom. The first-order valence-corrected chi connectivity index (χ1v) is 9.13. The topological polar surface area (TPSA) is 121 Å². The van der Waals surface area contributed by atoms with Crippen molar-refractivity contribution in [2.75, 3.05) is 18.7 Å². The second kappa shape index (κ2) is 5.89. The second-order valence-electron chi connectivity index (χ2n) is 5.83. The van der Waals surface area contributed by atoms with Crippen LogP contribution in [-0.4, -0.2) is 56.2 Å². The van der Waals surface area contributed by atoms with E-state index in [1.807, 2.05) is 6.07 Å². The van der Waals surface area contributed by atoms with Gasteiger partial charge in [0, 0.05) is 41.9 Å². The van der Waals surface area contributed by atoms with Gasteiger partial charge >= 0.3 is 0 Å². The van der Waals surface area contributed by atoms with Crippen LogP contribution in [0.25, 0.3) is 22.3 Å². The molecule has 1 aliphatic heterocycles. The molecule has 1 N–H and O–H groups in total. The first kappa shape index (κ1) is 12.6. The molecule has 0 aromatic carbocycles. The Balaban J connectivity index is 1.78. The zero-order valence-electron chi connectivity index (χ0n) is 17.7. The summed E-state index contributed by atoms with van der Waals surface area (Å²) in [6, 6.07) is 3.69. The molecule has 134 valence electrons. The molecule has 0 bridgehead atoms. The Kier molecular flexibility index (Phi) is 2.85. The molecule has 1 fully saturated rings. The van der Waals surface area contributed by atoms with Crippen molar-refractivity contribution in [2.24, 2.45) is 0 Å². The predicted molar refractivity (Wildman–Crippen MR) is 94.3 cm³/mol. The summed E-state index contributed by atoms with van der Waals surface area (Å²) in [5.74, 6) is 0. The molecule has 1 atom stereocenters. The molecule has 4 heterocycles. The standard InChI is InChI=1S/C16H17N7O2S/c1-2-26(24,25)22-9-16(10-22,4-5-17)23-8-12(7-21-23)14-13-3-6-18-15(13)20-11-19-14/h3,6-8,11H,2,4,9-10H2,1H3,(H,18,19,20)/i2D2,9D2. The van der Waals surface area contributed by atoms with Gasteiger partial charge in [-0.25, -0.2) is 18.4 Å². The first-order chi connectivity index (χ1) is 14.0. The minimum Gasteiger partial charge on any atom is -0.346 e. The minimum atomic E-state index is -4.59. The van der Waals surface area contributed by atoms with E-state index in [9.17, 15) is 13.7 Å². The fourth-order valence-electron chi connectivity index (χ4n) is 2.92. The van der Waals surface area contributed by atoms with Crippen LogP contribution in [0, 0.1) is 11.3 Å². The summed E-state index contributed by atoms with van der Waals surface area (Å²) < 4.78 is 58.7. The number of fused-ring (bicyclic) bond motifs is 1. The number of aromatic amines is 1. The van der Waals surface area contributed by atoms with E-state index in [0.717, 1.165) is 12.3 Å². The third-order valence-corrected chi connectivity index (χ3v) is 5.62. The maximum atomic E-state index is 12.5. The van der Waals surface area contributed by atoms with E-state index in [0.29, 0.717) is 21.2 Å². The number of H-pyrrole nitrogens is 1. The summed E-state index contributed by atoms with van der Waals surface area (Å²) in [5, 5.41) is 14.3. The van der Waals surface area contributed by atoms with E-state index in [2.05, 4.69) is 20.1 Å². The van der Waals surface area contributed by atoms with E-state index < -0.39 is 34.3 Å². The lowest BCUT2D eigenvalue weighted by Crippen LogP contribution is -2.64. The van der Waals surface area contributed by atoms with Gasteiger partial charge in [0.05, 0.1) is 30.1 Å². The van der Waals surface area contributed by atoms with Gasteiger partial charge < -0.3 is 4.98 Å². The number of nitriles is 1. The zero-order valence-corrected chi connectivity index (χ0v) is 14.5. The average molecular weight is 375 g/mol. The van der Waals surface area contributed by atoms with Gasteiger partial charge in [-0.15, -0.1) is 0 Å². The number of rotatable bonds is 5. The Morgan fingerprint density at radius 2 is 2.38 bits per heavy atom. The fraction of sp³-hybridized carbons (Fsp3) is 0.375. The molecule has 3 aromatic heterocycles. The van der Waals surface area contributed by atoms with Crippen LogP contribution in [0.15, 0.2) is 31.0 Å². The number of hydrogen-bond acceptors (Lipinski definition) is 6. The quantitative estimate of drug-likeness (QED) is 0.713. The minimum absolute atomic E-state index is 0.358. The van der Waals surface area contributed by atoms with E-state index in [1.54, 1.807) is 12.3 Å². The van der Waals surface area contributed by atoms with Crippen LogP contribution < -0.4 is 0 Å². The van der Waals surface area contributed by atoms with Crippen molar-refractivity contribution in [1.29, 1.82) is 5.26 Å². The van der Waals surface area contributed by atoms with Crippen molar-refractivity contribution in [2.45, 2.75) is 18.9 Å². The summed E-state index contributed by atoms with van der Waals surface area (Å²) in [7, 11) is -4.59. The molecule has 26 heavy (non-hydrogen) atoms.